The number of nitrogens with zero attached hydrogens (tertiary/aromatic N) is 1. The third-order valence-electron chi connectivity index (χ3n) is 4.00. The Morgan fingerprint density at radius 1 is 1.05 bits per heavy atom. The third-order valence-corrected chi connectivity index (χ3v) is 4.00. The normalized spacial score (nSPS) is 15.2. The smallest absolute Gasteiger partial charge is 0.119 e. The second-order valence-corrected chi connectivity index (χ2v) is 5.66. The van der Waals surface area contributed by atoms with Gasteiger partial charge in [-0.3, -0.25) is 4.98 Å². The van der Waals surface area contributed by atoms with E-state index in [0.29, 0.717) is 12.6 Å². The zero-order chi connectivity index (χ0) is 14.3. The number of ether oxygens (including phenoxy) is 1. The van der Waals surface area contributed by atoms with Crippen LogP contribution in [0.1, 0.15) is 36.8 Å². The predicted molar refractivity (Wildman–Crippen MR) is 84.1 cm³/mol. The highest BCUT2D eigenvalue weighted by Crippen LogP contribution is 2.19. The van der Waals surface area contributed by atoms with E-state index in [1.165, 1.54) is 31.2 Å². The largest absolute Gasteiger partial charge is 0.489 e. The highest BCUT2D eigenvalue weighted by molar-refractivity contribution is 5.27. The van der Waals surface area contributed by atoms with Gasteiger partial charge < -0.3 is 10.1 Å². The van der Waals surface area contributed by atoms with Gasteiger partial charge in [-0.25, -0.2) is 0 Å². The molecule has 0 radical (unpaired) electrons. The first-order valence-corrected chi connectivity index (χ1v) is 7.74. The molecule has 0 spiro atoms. The molecule has 1 fully saturated rings. The first-order valence-electron chi connectivity index (χ1n) is 7.74. The third kappa shape index (κ3) is 4.30. The van der Waals surface area contributed by atoms with Crippen LogP contribution in [0.3, 0.4) is 0 Å². The average molecular weight is 282 g/mol. The van der Waals surface area contributed by atoms with Crippen molar-refractivity contribution in [2.45, 2.75) is 44.9 Å². The van der Waals surface area contributed by atoms with Gasteiger partial charge in [0.15, 0.2) is 0 Å². The molecule has 0 amide bonds. The lowest BCUT2D eigenvalue weighted by atomic mass is 10.2. The summed E-state index contributed by atoms with van der Waals surface area (Å²) in [7, 11) is 0. The Hall–Kier alpha value is -1.87. The quantitative estimate of drug-likeness (QED) is 0.877. The van der Waals surface area contributed by atoms with Crippen molar-refractivity contribution in [2.24, 2.45) is 0 Å². The van der Waals surface area contributed by atoms with Crippen LogP contribution in [0, 0.1) is 0 Å². The zero-order valence-corrected chi connectivity index (χ0v) is 12.3. The maximum absolute atomic E-state index is 5.76. The van der Waals surface area contributed by atoms with Crippen molar-refractivity contribution in [3.63, 3.8) is 0 Å². The van der Waals surface area contributed by atoms with Gasteiger partial charge in [-0.2, -0.15) is 0 Å². The molecule has 21 heavy (non-hydrogen) atoms. The van der Waals surface area contributed by atoms with Crippen molar-refractivity contribution in [3.8, 4) is 5.75 Å². The summed E-state index contributed by atoms with van der Waals surface area (Å²) >= 11 is 0. The van der Waals surface area contributed by atoms with Crippen LogP contribution >= 0.6 is 0 Å². The van der Waals surface area contributed by atoms with E-state index in [0.717, 1.165) is 17.9 Å². The summed E-state index contributed by atoms with van der Waals surface area (Å²) in [6.45, 7) is 1.51. The minimum atomic E-state index is 0.563. The molecule has 0 saturated heterocycles. The van der Waals surface area contributed by atoms with Gasteiger partial charge in [-0.1, -0.05) is 31.0 Å². The monoisotopic (exact) mass is 282 g/mol. The Morgan fingerprint density at radius 2 is 1.86 bits per heavy atom. The van der Waals surface area contributed by atoms with Crippen molar-refractivity contribution < 1.29 is 4.74 Å². The molecule has 1 N–H and O–H groups in total. The van der Waals surface area contributed by atoms with E-state index in [1.807, 2.05) is 30.5 Å². The summed E-state index contributed by atoms with van der Waals surface area (Å²) < 4.78 is 5.76. The van der Waals surface area contributed by atoms with Gasteiger partial charge in [0.25, 0.3) is 0 Å². The Bertz CT molecular complexity index is 533. The van der Waals surface area contributed by atoms with Gasteiger partial charge in [0.05, 0.1) is 0 Å². The Morgan fingerprint density at radius 3 is 2.57 bits per heavy atom. The molecule has 3 heteroatoms. The Kier molecular flexibility index (Phi) is 4.85. The molecule has 0 unspecified atom stereocenters. The second-order valence-electron chi connectivity index (χ2n) is 5.66. The SMILES string of the molecule is c1cncc(COc2ccc(CNC3CCCC3)cc2)c1. The standard InChI is InChI=1S/C18H22N2O/c1-2-6-17(5-1)20-13-15-7-9-18(10-8-15)21-14-16-4-3-11-19-12-16/h3-4,7-12,17,20H,1-2,5-6,13-14H2. The first-order chi connectivity index (χ1) is 10.4. The molecule has 1 aliphatic rings. The molecule has 3 nitrogen and oxygen atoms in total. The van der Waals surface area contributed by atoms with Gasteiger partial charge in [-0.05, 0) is 36.6 Å². The second kappa shape index (κ2) is 7.23. The molecular formula is C18H22N2O. The van der Waals surface area contributed by atoms with E-state index >= 15 is 0 Å². The summed E-state index contributed by atoms with van der Waals surface area (Å²) in [5, 5.41) is 3.63. The molecular weight excluding hydrogens is 260 g/mol. The van der Waals surface area contributed by atoms with Gasteiger partial charge in [0, 0.05) is 30.5 Å². The van der Waals surface area contributed by atoms with E-state index < -0.39 is 0 Å². The number of benzene rings is 1. The first kappa shape index (κ1) is 14.1. The van der Waals surface area contributed by atoms with E-state index in [9.17, 15) is 0 Å². The predicted octanol–water partition coefficient (Wildman–Crippen LogP) is 3.69. The molecule has 0 atom stereocenters. The van der Waals surface area contributed by atoms with Crippen LogP contribution in [-0.2, 0) is 13.2 Å². The zero-order valence-electron chi connectivity index (χ0n) is 12.3. The van der Waals surface area contributed by atoms with Crippen molar-refractivity contribution >= 4 is 0 Å². The molecule has 1 aromatic carbocycles. The van der Waals surface area contributed by atoms with Crippen LogP contribution in [0.15, 0.2) is 48.8 Å². The molecule has 3 rings (SSSR count). The molecule has 0 aliphatic heterocycles. The molecule has 1 aromatic heterocycles. The van der Waals surface area contributed by atoms with Crippen molar-refractivity contribution in [1.82, 2.24) is 10.3 Å². The fraction of sp³-hybridized carbons (Fsp3) is 0.389. The number of hydrogen-bond donors (Lipinski definition) is 1. The lowest BCUT2D eigenvalue weighted by Gasteiger charge is -2.12. The number of nitrogens with one attached hydrogen (secondary N) is 1. The topological polar surface area (TPSA) is 34.1 Å². The molecule has 1 heterocycles. The number of aromatic nitrogens is 1. The minimum absolute atomic E-state index is 0.563. The highest BCUT2D eigenvalue weighted by atomic mass is 16.5. The summed E-state index contributed by atoms with van der Waals surface area (Å²) in [5.41, 5.74) is 2.40. The van der Waals surface area contributed by atoms with Crippen LogP contribution in [0.25, 0.3) is 0 Å². The van der Waals surface area contributed by atoms with Gasteiger partial charge >= 0.3 is 0 Å². The van der Waals surface area contributed by atoms with Crippen LogP contribution in [0.2, 0.25) is 0 Å². The lowest BCUT2D eigenvalue weighted by Crippen LogP contribution is -2.25. The minimum Gasteiger partial charge on any atom is -0.489 e. The molecule has 1 saturated carbocycles. The van der Waals surface area contributed by atoms with E-state index in [-0.39, 0.29) is 0 Å². The Balaban J connectivity index is 1.47. The fourth-order valence-electron chi connectivity index (χ4n) is 2.75. The molecule has 1 aliphatic carbocycles. The van der Waals surface area contributed by atoms with Gasteiger partial charge in [-0.15, -0.1) is 0 Å². The molecule has 2 aromatic rings. The number of rotatable bonds is 6. The van der Waals surface area contributed by atoms with Crippen LogP contribution < -0.4 is 10.1 Å². The summed E-state index contributed by atoms with van der Waals surface area (Å²) in [6, 6.07) is 13.0. The lowest BCUT2D eigenvalue weighted by molar-refractivity contribution is 0.305. The van der Waals surface area contributed by atoms with Gasteiger partial charge in [0.1, 0.15) is 12.4 Å². The fourth-order valence-corrected chi connectivity index (χ4v) is 2.75. The van der Waals surface area contributed by atoms with E-state index in [1.54, 1.807) is 6.20 Å². The highest BCUT2D eigenvalue weighted by Gasteiger charge is 2.13. The van der Waals surface area contributed by atoms with Crippen molar-refractivity contribution in [1.29, 1.82) is 0 Å². The maximum Gasteiger partial charge on any atom is 0.119 e. The van der Waals surface area contributed by atoms with E-state index in [4.69, 9.17) is 4.74 Å². The Labute approximate surface area is 126 Å². The molecule has 0 bridgehead atoms. The summed E-state index contributed by atoms with van der Waals surface area (Å²) in [5.74, 6) is 0.906. The number of pyridine rings is 1. The van der Waals surface area contributed by atoms with Crippen molar-refractivity contribution in [2.75, 3.05) is 0 Å². The van der Waals surface area contributed by atoms with Gasteiger partial charge in [0.2, 0.25) is 0 Å². The number of hydrogen-bond acceptors (Lipinski definition) is 3. The molecule has 110 valence electrons. The average Bonchev–Trinajstić information content (AvgIpc) is 3.06. The van der Waals surface area contributed by atoms with E-state index in [2.05, 4.69) is 22.4 Å². The van der Waals surface area contributed by atoms with Crippen LogP contribution in [0.4, 0.5) is 0 Å². The van der Waals surface area contributed by atoms with Crippen molar-refractivity contribution in [3.05, 3.63) is 59.9 Å². The maximum atomic E-state index is 5.76. The summed E-state index contributed by atoms with van der Waals surface area (Å²) in [6.07, 6.45) is 9.01. The summed E-state index contributed by atoms with van der Waals surface area (Å²) in [4.78, 5) is 4.08. The van der Waals surface area contributed by atoms with Crippen LogP contribution in [-0.4, -0.2) is 11.0 Å². The van der Waals surface area contributed by atoms with Crippen LogP contribution in [0.5, 0.6) is 5.75 Å².